The van der Waals surface area contributed by atoms with E-state index in [0.717, 1.165) is 35.9 Å². The number of pyridine rings is 1. The van der Waals surface area contributed by atoms with Crippen LogP contribution in [-0.4, -0.2) is 74.0 Å². The summed E-state index contributed by atoms with van der Waals surface area (Å²) in [5.41, 5.74) is 3.39. The summed E-state index contributed by atoms with van der Waals surface area (Å²) in [6, 6.07) is 16.4. The van der Waals surface area contributed by atoms with Gasteiger partial charge < -0.3 is 19.1 Å². The monoisotopic (exact) mass is 638 g/mol. The zero-order valence-electron chi connectivity index (χ0n) is 26.5. The third kappa shape index (κ3) is 8.36. The van der Waals surface area contributed by atoms with E-state index in [0.29, 0.717) is 64.1 Å². The number of hydrogen-bond acceptors (Lipinski definition) is 6. The quantitative estimate of drug-likeness (QED) is 0.0360. The fraction of sp³-hybridized carbons (Fsp3) is 0.382. The lowest BCUT2D eigenvalue weighted by Gasteiger charge is -2.29. The van der Waals surface area contributed by atoms with Crippen LogP contribution in [0.4, 0.5) is 0 Å². The largest absolute Gasteiger partial charge is 0.493 e. The Morgan fingerprint density at radius 1 is 0.911 bits per heavy atom. The molecular weight excluding hydrogens is 596 g/mol. The van der Waals surface area contributed by atoms with E-state index in [4.69, 9.17) is 14.0 Å². The number of fused-ring (bicyclic) bond motifs is 2. The second-order valence-corrected chi connectivity index (χ2v) is 13.7. The van der Waals surface area contributed by atoms with E-state index in [2.05, 4.69) is 11.5 Å². The Morgan fingerprint density at radius 2 is 1.56 bits per heavy atom. The van der Waals surface area contributed by atoms with Gasteiger partial charge in [0, 0.05) is 31.4 Å². The molecule has 0 bridgehead atoms. The summed E-state index contributed by atoms with van der Waals surface area (Å²) in [6.45, 7) is 8.05. The highest BCUT2D eigenvalue weighted by atomic mass is 32.2. The topological polar surface area (TPSA) is 131 Å². The highest BCUT2D eigenvalue weighted by Crippen LogP contribution is 2.32. The second-order valence-electron chi connectivity index (χ2n) is 12.1. The van der Waals surface area contributed by atoms with Crippen molar-refractivity contribution >= 4 is 43.9 Å². The Bertz CT molecular complexity index is 1830. The number of carboxylic acid groups (broad SMARTS) is 1. The number of rotatable bonds is 14. The van der Waals surface area contributed by atoms with Gasteiger partial charge in [-0.25, -0.2) is 9.59 Å². The molecule has 0 saturated carbocycles. The van der Waals surface area contributed by atoms with Crippen LogP contribution in [0.15, 0.2) is 54.6 Å². The molecule has 4 aromatic rings. The first-order valence-corrected chi connectivity index (χ1v) is 16.7. The summed E-state index contributed by atoms with van der Waals surface area (Å²) >= 11 is 0. The van der Waals surface area contributed by atoms with Gasteiger partial charge in [-0.3, -0.25) is 4.55 Å². The molecular formula is C34H42N2O8S+2. The zero-order chi connectivity index (χ0) is 32.9. The Morgan fingerprint density at radius 3 is 2.20 bits per heavy atom. The fourth-order valence-corrected chi connectivity index (χ4v) is 6.26. The minimum Gasteiger partial charge on any atom is -0.493 e. The van der Waals surface area contributed by atoms with Crippen molar-refractivity contribution in [3.05, 3.63) is 76.9 Å². The second kappa shape index (κ2) is 13.9. The fourth-order valence-electron chi connectivity index (χ4n) is 5.77. The number of carbonyl (C=O) groups excluding carboxylic acids is 1. The van der Waals surface area contributed by atoms with Crippen LogP contribution in [0.3, 0.4) is 0 Å². The number of aryl methyl sites for hydroxylation is 3. The van der Waals surface area contributed by atoms with Gasteiger partial charge in [-0.05, 0) is 55.3 Å². The Kier molecular flexibility index (Phi) is 10.5. The summed E-state index contributed by atoms with van der Waals surface area (Å²) < 4.78 is 46.1. The highest BCUT2D eigenvalue weighted by molar-refractivity contribution is 7.85. The van der Waals surface area contributed by atoms with Crippen molar-refractivity contribution in [3.8, 4) is 11.5 Å². The maximum Gasteiger partial charge on any atom is 0.345 e. The van der Waals surface area contributed by atoms with Crippen molar-refractivity contribution in [2.75, 3.05) is 39.5 Å². The van der Waals surface area contributed by atoms with Gasteiger partial charge in [0.1, 0.15) is 18.0 Å². The van der Waals surface area contributed by atoms with Gasteiger partial charge in [-0.2, -0.15) is 13.0 Å². The van der Waals surface area contributed by atoms with Gasteiger partial charge in [0.05, 0.1) is 61.4 Å². The van der Waals surface area contributed by atoms with E-state index in [1.165, 1.54) is 12.1 Å². The average molecular weight is 639 g/mol. The van der Waals surface area contributed by atoms with Crippen molar-refractivity contribution < 1.29 is 46.2 Å². The number of quaternary nitrogens is 1. The number of carbonyl (C=O) groups is 2. The number of carboxylic acids is 1. The number of aromatic nitrogens is 1. The SMILES string of the molecule is CCC[n+]1c2ccccc2c(C(=O)Oc2c(C)cc(C(=O)O)cc2C)c2cc(OCCC[N+](C)(C)CCCS(=O)(=O)O)ccc21. The molecule has 0 aliphatic carbocycles. The Balaban J connectivity index is 1.66. The lowest BCUT2D eigenvalue weighted by Crippen LogP contribution is -2.42. The number of para-hydroxylation sites is 1. The van der Waals surface area contributed by atoms with Crippen molar-refractivity contribution in [2.45, 2.75) is 46.6 Å². The van der Waals surface area contributed by atoms with Crippen LogP contribution in [0.1, 0.15) is 58.0 Å². The molecule has 2 N–H and O–H groups in total. The highest BCUT2D eigenvalue weighted by Gasteiger charge is 2.27. The first kappa shape index (κ1) is 33.8. The molecule has 0 atom stereocenters. The molecule has 4 rings (SSSR count). The van der Waals surface area contributed by atoms with Crippen LogP contribution in [0.2, 0.25) is 0 Å². The number of esters is 1. The molecule has 0 amide bonds. The molecule has 0 fully saturated rings. The first-order chi connectivity index (χ1) is 21.2. The van der Waals surface area contributed by atoms with E-state index < -0.39 is 22.1 Å². The summed E-state index contributed by atoms with van der Waals surface area (Å²) in [6.07, 6.45) is 1.97. The van der Waals surface area contributed by atoms with Crippen LogP contribution in [-0.2, 0) is 16.7 Å². The van der Waals surface area contributed by atoms with E-state index >= 15 is 0 Å². The van der Waals surface area contributed by atoms with Crippen molar-refractivity contribution in [1.29, 1.82) is 0 Å². The normalized spacial score (nSPS) is 12.0. The van der Waals surface area contributed by atoms with Gasteiger partial charge in [0.15, 0.2) is 0 Å². The molecule has 10 nitrogen and oxygen atoms in total. The molecule has 0 spiro atoms. The van der Waals surface area contributed by atoms with Crippen LogP contribution in [0, 0.1) is 13.8 Å². The van der Waals surface area contributed by atoms with Crippen LogP contribution in [0.5, 0.6) is 11.5 Å². The third-order valence-electron chi connectivity index (χ3n) is 7.89. The third-order valence-corrected chi connectivity index (χ3v) is 8.69. The number of nitrogens with zero attached hydrogens (tertiary/aromatic N) is 2. The molecule has 240 valence electrons. The smallest absolute Gasteiger partial charge is 0.345 e. The van der Waals surface area contributed by atoms with E-state index in [9.17, 15) is 23.1 Å². The molecule has 11 heteroatoms. The van der Waals surface area contributed by atoms with Gasteiger partial charge in [-0.1, -0.05) is 19.1 Å². The predicted octanol–water partition coefficient (Wildman–Crippen LogP) is 5.35. The van der Waals surface area contributed by atoms with Crippen LogP contribution < -0.4 is 14.0 Å². The number of hydrogen-bond donors (Lipinski definition) is 2. The molecule has 0 saturated heterocycles. The van der Waals surface area contributed by atoms with Crippen molar-refractivity contribution in [2.24, 2.45) is 0 Å². The summed E-state index contributed by atoms with van der Waals surface area (Å²) in [5, 5.41) is 10.9. The minimum absolute atomic E-state index is 0.128. The predicted molar refractivity (Wildman–Crippen MR) is 173 cm³/mol. The van der Waals surface area contributed by atoms with E-state index in [-0.39, 0.29) is 11.3 Å². The van der Waals surface area contributed by atoms with E-state index in [1.54, 1.807) is 13.8 Å². The van der Waals surface area contributed by atoms with Gasteiger partial charge >= 0.3 is 11.9 Å². The van der Waals surface area contributed by atoms with Crippen molar-refractivity contribution in [1.82, 2.24) is 0 Å². The first-order valence-electron chi connectivity index (χ1n) is 15.1. The Hall–Kier alpha value is -4.06. The summed E-state index contributed by atoms with van der Waals surface area (Å²) in [4.78, 5) is 25.6. The number of benzene rings is 3. The molecule has 1 aromatic heterocycles. The summed E-state index contributed by atoms with van der Waals surface area (Å²) in [7, 11) is 0.0421. The molecule has 0 aliphatic rings. The molecule has 0 aliphatic heterocycles. The maximum atomic E-state index is 14.0. The summed E-state index contributed by atoms with van der Waals surface area (Å²) in [5.74, 6) is -0.920. The van der Waals surface area contributed by atoms with Gasteiger partial charge in [0.25, 0.3) is 10.1 Å². The standard InChI is InChI=1S/C34H40N2O8S/c1-6-15-35-29-12-8-7-11-27(29)31(34(39)44-32-23(2)20-25(33(37)38)21-24(32)3)28-22-26(13-14-30(28)35)43-18-9-16-36(4,5)17-10-19-45(40,41)42/h7-8,11-14,20-22H,6,9-10,15-19H2,1-5H3/p+2. The molecule has 1 heterocycles. The van der Waals surface area contributed by atoms with E-state index in [1.807, 2.05) is 56.6 Å². The Labute approximate surface area is 264 Å². The zero-order valence-corrected chi connectivity index (χ0v) is 27.3. The van der Waals surface area contributed by atoms with Crippen LogP contribution >= 0.6 is 0 Å². The molecule has 3 aromatic carbocycles. The van der Waals surface area contributed by atoms with Gasteiger partial charge in [-0.15, -0.1) is 0 Å². The number of ether oxygens (including phenoxy) is 2. The average Bonchev–Trinajstić information content (AvgIpc) is 2.96. The molecule has 0 radical (unpaired) electrons. The van der Waals surface area contributed by atoms with Crippen molar-refractivity contribution in [3.63, 3.8) is 0 Å². The van der Waals surface area contributed by atoms with Crippen LogP contribution in [0.25, 0.3) is 21.8 Å². The maximum absolute atomic E-state index is 14.0. The lowest BCUT2D eigenvalue weighted by molar-refractivity contribution is -0.890. The number of aromatic carboxylic acids is 1. The minimum atomic E-state index is -3.97. The lowest BCUT2D eigenvalue weighted by atomic mass is 10.0. The van der Waals surface area contributed by atoms with Gasteiger partial charge in [0.2, 0.25) is 11.0 Å². The molecule has 45 heavy (non-hydrogen) atoms. The molecule has 0 unspecified atom stereocenters.